The maximum absolute atomic E-state index is 4.23. The van der Waals surface area contributed by atoms with Crippen LogP contribution in [-0.2, 0) is 14.1 Å². The first kappa shape index (κ1) is 12.6. The molecule has 0 amide bonds. The largest absolute Gasteiger partial charge is 0.350 e. The van der Waals surface area contributed by atoms with Gasteiger partial charge in [-0.2, -0.15) is 4.57 Å². The Morgan fingerprint density at radius 2 is 2.10 bits per heavy atom. The summed E-state index contributed by atoms with van der Waals surface area (Å²) in [5.41, 5.74) is 2.21. The van der Waals surface area contributed by atoms with Gasteiger partial charge < -0.3 is 5.32 Å². The van der Waals surface area contributed by atoms with E-state index >= 15 is 0 Å². The third-order valence-electron chi connectivity index (χ3n) is 3.67. The van der Waals surface area contributed by atoms with Gasteiger partial charge in [0.15, 0.2) is 12.4 Å². The summed E-state index contributed by atoms with van der Waals surface area (Å²) >= 11 is 0. The molecule has 0 radical (unpaired) electrons. The van der Waals surface area contributed by atoms with Gasteiger partial charge in [0.25, 0.3) is 11.5 Å². The van der Waals surface area contributed by atoms with Crippen molar-refractivity contribution in [3.63, 3.8) is 0 Å². The third-order valence-corrected chi connectivity index (χ3v) is 3.67. The van der Waals surface area contributed by atoms with Gasteiger partial charge in [0.1, 0.15) is 19.4 Å². The fraction of sp³-hybridized carbons (Fsp3) is 0.267. The number of anilines is 1. The van der Waals surface area contributed by atoms with Crippen LogP contribution in [-0.4, -0.2) is 11.1 Å². The normalized spacial score (nSPS) is 17.4. The van der Waals surface area contributed by atoms with E-state index in [9.17, 15) is 0 Å². The fourth-order valence-corrected chi connectivity index (χ4v) is 2.51. The Bertz CT molecular complexity index is 665. The van der Waals surface area contributed by atoms with Gasteiger partial charge in [-0.05, 0) is 19.1 Å². The molecule has 0 spiro atoms. The first-order chi connectivity index (χ1) is 9.68. The summed E-state index contributed by atoms with van der Waals surface area (Å²) in [6.07, 6.45) is 9.94. The average molecular weight is 269 g/mol. The molecule has 5 nitrogen and oxygen atoms in total. The minimum absolute atomic E-state index is 0.263. The Kier molecular flexibility index (Phi) is 3.10. The van der Waals surface area contributed by atoms with Crippen LogP contribution in [0.1, 0.15) is 6.92 Å². The van der Waals surface area contributed by atoms with Gasteiger partial charge in [0.05, 0.1) is 13.2 Å². The lowest BCUT2D eigenvalue weighted by Crippen LogP contribution is -2.45. The van der Waals surface area contributed by atoms with E-state index in [1.54, 1.807) is 6.20 Å². The second kappa shape index (κ2) is 4.92. The van der Waals surface area contributed by atoms with Crippen LogP contribution in [0.3, 0.4) is 0 Å². The molecular weight excluding hydrogens is 250 g/mol. The first-order valence-electron chi connectivity index (χ1n) is 6.68. The molecular formula is C15H19N5+2. The van der Waals surface area contributed by atoms with E-state index in [1.165, 1.54) is 0 Å². The van der Waals surface area contributed by atoms with E-state index < -0.39 is 0 Å². The highest BCUT2D eigenvalue weighted by Gasteiger charge is 2.28. The Morgan fingerprint density at radius 1 is 1.25 bits per heavy atom. The maximum Gasteiger partial charge on any atom is 0.283 e. The van der Waals surface area contributed by atoms with Crippen molar-refractivity contribution in [3.8, 4) is 11.4 Å². The SMILES string of the molecule is C[C@@H]1NC=CN1c1cccc(-c2cncc[n+]2C)[n+]1C. The predicted octanol–water partition coefficient (Wildman–Crippen LogP) is 0.624. The van der Waals surface area contributed by atoms with Gasteiger partial charge in [-0.1, -0.05) is 0 Å². The standard InChI is InChI=1S/C15H18N5/c1-12-17-8-10-20(12)15-6-4-5-13(19(15)3)14-11-16-7-9-18(14)2/h4-12H,1-3H3/q+1/p+1/t12-/m1/s1. The monoisotopic (exact) mass is 269 g/mol. The molecule has 20 heavy (non-hydrogen) atoms. The molecule has 0 saturated heterocycles. The van der Waals surface area contributed by atoms with Gasteiger partial charge in [0.2, 0.25) is 5.69 Å². The Labute approximate surface area is 118 Å². The molecule has 0 aromatic carbocycles. The molecule has 1 N–H and O–H groups in total. The molecule has 1 atom stereocenters. The second-order valence-electron chi connectivity index (χ2n) is 4.97. The summed E-state index contributed by atoms with van der Waals surface area (Å²) in [6, 6.07) is 6.31. The Balaban J connectivity index is 2.11. The zero-order valence-electron chi connectivity index (χ0n) is 12.0. The van der Waals surface area contributed by atoms with Crippen molar-refractivity contribution in [2.75, 3.05) is 4.90 Å². The van der Waals surface area contributed by atoms with Crippen LogP contribution in [0.2, 0.25) is 0 Å². The van der Waals surface area contributed by atoms with Crippen molar-refractivity contribution < 1.29 is 9.13 Å². The molecule has 2 aromatic rings. The molecule has 0 unspecified atom stereocenters. The molecule has 2 aromatic heterocycles. The summed E-state index contributed by atoms with van der Waals surface area (Å²) in [5, 5.41) is 3.28. The van der Waals surface area contributed by atoms with Crippen LogP contribution in [0.4, 0.5) is 5.82 Å². The number of aromatic nitrogens is 3. The van der Waals surface area contributed by atoms with E-state index in [4.69, 9.17) is 0 Å². The topological polar surface area (TPSA) is 35.9 Å². The van der Waals surface area contributed by atoms with Crippen molar-refractivity contribution in [2.24, 2.45) is 14.1 Å². The first-order valence-corrected chi connectivity index (χ1v) is 6.68. The van der Waals surface area contributed by atoms with Gasteiger partial charge in [-0.3, -0.25) is 4.98 Å². The highest BCUT2D eigenvalue weighted by molar-refractivity contribution is 5.49. The molecule has 102 valence electrons. The molecule has 3 heterocycles. The second-order valence-corrected chi connectivity index (χ2v) is 4.97. The van der Waals surface area contributed by atoms with Gasteiger partial charge >= 0.3 is 0 Å². The molecule has 1 aliphatic heterocycles. The van der Waals surface area contributed by atoms with Gasteiger partial charge in [0, 0.05) is 12.3 Å². The molecule has 0 fully saturated rings. The highest BCUT2D eigenvalue weighted by atomic mass is 15.3. The number of hydrogen-bond donors (Lipinski definition) is 1. The van der Waals surface area contributed by atoms with E-state index in [0.717, 1.165) is 17.2 Å². The van der Waals surface area contributed by atoms with E-state index in [1.807, 2.05) is 25.6 Å². The van der Waals surface area contributed by atoms with Crippen molar-refractivity contribution in [3.05, 3.63) is 49.2 Å². The fourth-order valence-electron chi connectivity index (χ4n) is 2.51. The van der Waals surface area contributed by atoms with E-state index in [0.29, 0.717) is 0 Å². The lowest BCUT2D eigenvalue weighted by atomic mass is 10.2. The van der Waals surface area contributed by atoms with Crippen molar-refractivity contribution >= 4 is 5.82 Å². The number of hydrogen-bond acceptors (Lipinski definition) is 3. The zero-order valence-corrected chi connectivity index (χ0v) is 12.0. The van der Waals surface area contributed by atoms with Gasteiger partial charge in [-0.15, -0.1) is 0 Å². The Morgan fingerprint density at radius 3 is 2.80 bits per heavy atom. The molecule has 0 saturated carbocycles. The van der Waals surface area contributed by atoms with Crippen LogP contribution >= 0.6 is 0 Å². The zero-order chi connectivity index (χ0) is 14.1. The van der Waals surface area contributed by atoms with Crippen LogP contribution in [0, 0.1) is 0 Å². The van der Waals surface area contributed by atoms with Crippen LogP contribution < -0.4 is 19.4 Å². The minimum atomic E-state index is 0.263. The van der Waals surface area contributed by atoms with E-state index in [2.05, 4.69) is 62.7 Å². The summed E-state index contributed by atoms with van der Waals surface area (Å²) in [6.45, 7) is 2.14. The van der Waals surface area contributed by atoms with Crippen LogP contribution in [0.25, 0.3) is 11.4 Å². The minimum Gasteiger partial charge on any atom is -0.350 e. The van der Waals surface area contributed by atoms with Crippen molar-refractivity contribution in [2.45, 2.75) is 13.1 Å². The van der Waals surface area contributed by atoms with Crippen LogP contribution in [0.15, 0.2) is 49.2 Å². The number of rotatable bonds is 2. The van der Waals surface area contributed by atoms with Crippen molar-refractivity contribution in [1.29, 1.82) is 0 Å². The quantitative estimate of drug-likeness (QED) is 0.812. The molecule has 0 aliphatic carbocycles. The summed E-state index contributed by atoms with van der Waals surface area (Å²) in [5.74, 6) is 1.14. The summed E-state index contributed by atoms with van der Waals surface area (Å²) in [7, 11) is 4.11. The van der Waals surface area contributed by atoms with E-state index in [-0.39, 0.29) is 6.17 Å². The number of pyridine rings is 1. The summed E-state index contributed by atoms with van der Waals surface area (Å²) < 4.78 is 4.26. The third kappa shape index (κ3) is 2.01. The number of nitrogens with one attached hydrogen (secondary N) is 1. The number of aryl methyl sites for hydroxylation is 1. The van der Waals surface area contributed by atoms with Crippen LogP contribution in [0.5, 0.6) is 0 Å². The lowest BCUT2D eigenvalue weighted by molar-refractivity contribution is -0.685. The van der Waals surface area contributed by atoms with Gasteiger partial charge in [-0.25, -0.2) is 9.47 Å². The Hall–Kier alpha value is -2.43. The molecule has 0 bridgehead atoms. The lowest BCUT2D eigenvalue weighted by Gasteiger charge is -2.16. The predicted molar refractivity (Wildman–Crippen MR) is 76.2 cm³/mol. The smallest absolute Gasteiger partial charge is 0.283 e. The molecule has 1 aliphatic rings. The highest BCUT2D eigenvalue weighted by Crippen LogP contribution is 2.18. The molecule has 5 heteroatoms. The maximum atomic E-state index is 4.23. The van der Waals surface area contributed by atoms with Crippen molar-refractivity contribution in [1.82, 2.24) is 10.3 Å². The average Bonchev–Trinajstić information content (AvgIpc) is 2.86. The summed E-state index contributed by atoms with van der Waals surface area (Å²) in [4.78, 5) is 6.44. The number of nitrogens with zero attached hydrogens (tertiary/aromatic N) is 4. The molecule has 3 rings (SSSR count).